The van der Waals surface area contributed by atoms with Crippen LogP contribution in [0.3, 0.4) is 0 Å². The number of para-hydroxylation sites is 2. The largest absolute Gasteiger partial charge is 0.341 e. The van der Waals surface area contributed by atoms with Crippen LogP contribution in [0.25, 0.3) is 11.0 Å². The summed E-state index contributed by atoms with van der Waals surface area (Å²) in [6, 6.07) is 8.67. The fraction of sp³-hybridized carbons (Fsp3) is 0.500. The zero-order valence-electron chi connectivity index (χ0n) is 11.4. The predicted octanol–water partition coefficient (Wildman–Crippen LogP) is 2.39. The maximum atomic E-state index is 4.62. The Balaban J connectivity index is 2.07. The minimum Gasteiger partial charge on any atom is -0.341 e. The van der Waals surface area contributed by atoms with Gasteiger partial charge in [-0.2, -0.15) is 0 Å². The molecule has 0 amide bonds. The summed E-state index contributed by atoms with van der Waals surface area (Å²) in [5.74, 6) is 0.962. The Hall–Kier alpha value is -1.55. The molecule has 0 unspecified atom stereocenters. The SMILES string of the molecule is CCN(CCNC(C)C)c1nc2ccccc2[nH]1. The van der Waals surface area contributed by atoms with Gasteiger partial charge in [-0.25, -0.2) is 4.98 Å². The van der Waals surface area contributed by atoms with E-state index in [1.54, 1.807) is 0 Å². The van der Waals surface area contributed by atoms with Gasteiger partial charge in [-0.05, 0) is 19.1 Å². The lowest BCUT2D eigenvalue weighted by atomic mass is 10.3. The maximum Gasteiger partial charge on any atom is 0.203 e. The molecule has 4 heteroatoms. The lowest BCUT2D eigenvalue weighted by Gasteiger charge is -2.20. The minimum absolute atomic E-state index is 0.527. The number of H-pyrrole nitrogens is 1. The molecule has 2 rings (SSSR count). The number of hydrogen-bond acceptors (Lipinski definition) is 3. The highest BCUT2D eigenvalue weighted by Gasteiger charge is 2.09. The molecule has 0 saturated heterocycles. The van der Waals surface area contributed by atoms with Gasteiger partial charge in [-0.15, -0.1) is 0 Å². The summed E-state index contributed by atoms with van der Waals surface area (Å²) >= 11 is 0. The Labute approximate surface area is 108 Å². The quantitative estimate of drug-likeness (QED) is 0.822. The van der Waals surface area contributed by atoms with E-state index in [0.29, 0.717) is 6.04 Å². The molecule has 1 aromatic heterocycles. The molecular weight excluding hydrogens is 224 g/mol. The first-order chi connectivity index (χ1) is 8.70. The van der Waals surface area contributed by atoms with Crippen molar-refractivity contribution in [3.63, 3.8) is 0 Å². The molecule has 1 aromatic carbocycles. The average molecular weight is 246 g/mol. The highest BCUT2D eigenvalue weighted by atomic mass is 15.3. The molecule has 0 aliphatic heterocycles. The zero-order chi connectivity index (χ0) is 13.0. The third-order valence-electron chi connectivity index (χ3n) is 2.99. The van der Waals surface area contributed by atoms with Gasteiger partial charge in [0.15, 0.2) is 0 Å². The number of fused-ring (bicyclic) bond motifs is 1. The van der Waals surface area contributed by atoms with Gasteiger partial charge in [0.05, 0.1) is 11.0 Å². The van der Waals surface area contributed by atoms with Gasteiger partial charge in [0.25, 0.3) is 0 Å². The highest BCUT2D eigenvalue weighted by Crippen LogP contribution is 2.16. The number of imidazole rings is 1. The van der Waals surface area contributed by atoms with E-state index in [-0.39, 0.29) is 0 Å². The van der Waals surface area contributed by atoms with Crippen LogP contribution in [0.5, 0.6) is 0 Å². The second-order valence-corrected chi connectivity index (χ2v) is 4.77. The lowest BCUT2D eigenvalue weighted by molar-refractivity contribution is 0.581. The molecule has 0 aliphatic rings. The van der Waals surface area contributed by atoms with E-state index in [1.165, 1.54) is 0 Å². The van der Waals surface area contributed by atoms with Gasteiger partial charge in [-0.3, -0.25) is 0 Å². The number of aromatic nitrogens is 2. The molecule has 2 aromatic rings. The van der Waals surface area contributed by atoms with Crippen LogP contribution in [0.4, 0.5) is 5.95 Å². The summed E-state index contributed by atoms with van der Waals surface area (Å²) in [7, 11) is 0. The molecule has 1 heterocycles. The average Bonchev–Trinajstić information content (AvgIpc) is 2.77. The summed E-state index contributed by atoms with van der Waals surface area (Å²) in [5.41, 5.74) is 2.13. The van der Waals surface area contributed by atoms with Crippen molar-refractivity contribution in [3.05, 3.63) is 24.3 Å². The van der Waals surface area contributed by atoms with Gasteiger partial charge >= 0.3 is 0 Å². The van der Waals surface area contributed by atoms with Crippen molar-refractivity contribution in [1.82, 2.24) is 15.3 Å². The summed E-state index contributed by atoms with van der Waals surface area (Å²) in [5, 5.41) is 3.43. The number of nitrogens with one attached hydrogen (secondary N) is 2. The highest BCUT2D eigenvalue weighted by molar-refractivity contribution is 5.77. The number of anilines is 1. The standard InChI is InChI=1S/C14H22N4/c1-4-18(10-9-15-11(2)3)14-16-12-7-5-6-8-13(12)17-14/h5-8,11,15H,4,9-10H2,1-3H3,(H,16,17). The predicted molar refractivity (Wildman–Crippen MR) is 77.1 cm³/mol. The third kappa shape index (κ3) is 3.01. The molecule has 0 fully saturated rings. The number of hydrogen-bond donors (Lipinski definition) is 2. The molecule has 2 N–H and O–H groups in total. The molecule has 0 bridgehead atoms. The molecule has 0 aliphatic carbocycles. The van der Waals surface area contributed by atoms with Crippen molar-refractivity contribution in [2.24, 2.45) is 0 Å². The topological polar surface area (TPSA) is 44.0 Å². The van der Waals surface area contributed by atoms with Crippen LogP contribution < -0.4 is 10.2 Å². The maximum absolute atomic E-state index is 4.62. The third-order valence-corrected chi connectivity index (χ3v) is 2.99. The first-order valence-electron chi connectivity index (χ1n) is 6.63. The molecule has 0 atom stereocenters. The molecular formula is C14H22N4. The number of benzene rings is 1. The van der Waals surface area contributed by atoms with Crippen molar-refractivity contribution >= 4 is 17.0 Å². The smallest absolute Gasteiger partial charge is 0.203 e. The van der Waals surface area contributed by atoms with E-state index in [0.717, 1.165) is 36.6 Å². The van der Waals surface area contributed by atoms with E-state index in [1.807, 2.05) is 18.2 Å². The summed E-state index contributed by atoms with van der Waals surface area (Å²) in [6.07, 6.45) is 0. The van der Waals surface area contributed by atoms with Crippen molar-refractivity contribution in [1.29, 1.82) is 0 Å². The number of aromatic amines is 1. The van der Waals surface area contributed by atoms with Crippen LogP contribution >= 0.6 is 0 Å². The normalized spacial score (nSPS) is 11.3. The number of nitrogens with zero attached hydrogens (tertiary/aromatic N) is 2. The molecule has 98 valence electrons. The molecule has 0 radical (unpaired) electrons. The van der Waals surface area contributed by atoms with Crippen molar-refractivity contribution in [3.8, 4) is 0 Å². The lowest BCUT2D eigenvalue weighted by Crippen LogP contribution is -2.35. The molecule has 4 nitrogen and oxygen atoms in total. The second-order valence-electron chi connectivity index (χ2n) is 4.77. The van der Waals surface area contributed by atoms with Crippen molar-refractivity contribution in [2.75, 3.05) is 24.5 Å². The van der Waals surface area contributed by atoms with Crippen LogP contribution in [0, 0.1) is 0 Å². The fourth-order valence-electron chi connectivity index (χ4n) is 1.99. The van der Waals surface area contributed by atoms with E-state index in [2.05, 4.69) is 47.0 Å². The minimum atomic E-state index is 0.527. The molecule has 0 saturated carbocycles. The van der Waals surface area contributed by atoms with Crippen LogP contribution in [0.15, 0.2) is 24.3 Å². The van der Waals surface area contributed by atoms with Gasteiger partial charge in [0.2, 0.25) is 5.95 Å². The van der Waals surface area contributed by atoms with Gasteiger partial charge in [0.1, 0.15) is 0 Å². The van der Waals surface area contributed by atoms with Crippen LogP contribution in [0.2, 0.25) is 0 Å². The number of rotatable bonds is 6. The van der Waals surface area contributed by atoms with E-state index >= 15 is 0 Å². The van der Waals surface area contributed by atoms with Crippen LogP contribution in [0.1, 0.15) is 20.8 Å². The van der Waals surface area contributed by atoms with Gasteiger partial charge < -0.3 is 15.2 Å². The van der Waals surface area contributed by atoms with Crippen molar-refractivity contribution in [2.45, 2.75) is 26.8 Å². The van der Waals surface area contributed by atoms with Crippen LogP contribution in [-0.4, -0.2) is 35.6 Å². The molecule has 18 heavy (non-hydrogen) atoms. The summed E-state index contributed by atoms with van der Waals surface area (Å²) in [6.45, 7) is 9.38. The van der Waals surface area contributed by atoms with E-state index in [9.17, 15) is 0 Å². The van der Waals surface area contributed by atoms with Crippen LogP contribution in [-0.2, 0) is 0 Å². The first-order valence-corrected chi connectivity index (χ1v) is 6.63. The van der Waals surface area contributed by atoms with Gasteiger partial charge in [0, 0.05) is 25.7 Å². The van der Waals surface area contributed by atoms with E-state index < -0.39 is 0 Å². The Kier molecular flexibility index (Phi) is 4.20. The summed E-state index contributed by atoms with van der Waals surface area (Å²) < 4.78 is 0. The van der Waals surface area contributed by atoms with Crippen molar-refractivity contribution < 1.29 is 0 Å². The van der Waals surface area contributed by atoms with E-state index in [4.69, 9.17) is 0 Å². The summed E-state index contributed by atoms with van der Waals surface area (Å²) in [4.78, 5) is 10.3. The Bertz CT molecular complexity index is 456. The molecule has 0 spiro atoms. The Morgan fingerprint density at radius 3 is 2.78 bits per heavy atom. The fourth-order valence-corrected chi connectivity index (χ4v) is 1.99. The second kappa shape index (κ2) is 5.87. The zero-order valence-corrected chi connectivity index (χ0v) is 11.4. The Morgan fingerprint density at radius 1 is 1.33 bits per heavy atom. The Morgan fingerprint density at radius 2 is 2.11 bits per heavy atom. The number of likely N-dealkylation sites (N-methyl/N-ethyl adjacent to an activating group) is 1. The first kappa shape index (κ1) is 12.9. The van der Waals surface area contributed by atoms with Gasteiger partial charge in [-0.1, -0.05) is 26.0 Å². The monoisotopic (exact) mass is 246 g/mol.